The van der Waals surface area contributed by atoms with Crippen molar-refractivity contribution in [3.8, 4) is 0 Å². The lowest BCUT2D eigenvalue weighted by atomic mass is 9.77. The molecule has 0 radical (unpaired) electrons. The summed E-state index contributed by atoms with van der Waals surface area (Å²) in [5.74, 6) is 6.32. The zero-order valence-corrected chi connectivity index (χ0v) is 9.63. The van der Waals surface area contributed by atoms with E-state index >= 15 is 0 Å². The monoisotopic (exact) mass is 254 g/mol. The van der Waals surface area contributed by atoms with Crippen LogP contribution in [0.15, 0.2) is 28.7 Å². The predicted molar refractivity (Wildman–Crippen MR) is 61.5 cm³/mol. The third kappa shape index (κ3) is 1.85. The number of rotatable bonds is 3. The van der Waals surface area contributed by atoms with E-state index in [1.807, 2.05) is 6.07 Å². The van der Waals surface area contributed by atoms with Crippen LogP contribution in [0.5, 0.6) is 0 Å². The van der Waals surface area contributed by atoms with Gasteiger partial charge in [-0.25, -0.2) is 0 Å². The van der Waals surface area contributed by atoms with Crippen molar-refractivity contribution < 1.29 is 0 Å². The molecule has 0 aliphatic heterocycles. The molecule has 1 aromatic carbocycles. The van der Waals surface area contributed by atoms with E-state index in [1.54, 1.807) is 0 Å². The largest absolute Gasteiger partial charge is 0.271 e. The minimum absolute atomic E-state index is 0.305. The number of hydrogen-bond donors (Lipinski definition) is 2. The minimum Gasteiger partial charge on any atom is -0.271 e. The Morgan fingerprint density at radius 2 is 2.07 bits per heavy atom. The van der Waals surface area contributed by atoms with Gasteiger partial charge in [-0.1, -0.05) is 40.5 Å². The van der Waals surface area contributed by atoms with Crippen LogP contribution in [0.3, 0.4) is 0 Å². The second-order valence-electron chi connectivity index (χ2n) is 3.86. The van der Waals surface area contributed by atoms with E-state index in [1.165, 1.54) is 24.8 Å². The Labute approximate surface area is 93.0 Å². The third-order valence-corrected chi connectivity index (χ3v) is 3.76. The van der Waals surface area contributed by atoms with Crippen molar-refractivity contribution in [1.82, 2.24) is 5.43 Å². The molecule has 0 spiro atoms. The van der Waals surface area contributed by atoms with Gasteiger partial charge in [-0.05, 0) is 30.4 Å². The standard InChI is InChI=1S/C11H15BrN2/c12-10-7-2-1-6-9(10)11(14-13)8-4-3-5-8/h1-2,6-8,11,14H,3-5,13H2. The number of nitrogens with one attached hydrogen (secondary N) is 1. The molecule has 1 saturated carbocycles. The molecule has 1 atom stereocenters. The number of nitrogens with two attached hydrogens (primary N) is 1. The van der Waals surface area contributed by atoms with Gasteiger partial charge in [0.15, 0.2) is 0 Å². The first kappa shape index (κ1) is 10.1. The Hall–Kier alpha value is -0.380. The van der Waals surface area contributed by atoms with Gasteiger partial charge >= 0.3 is 0 Å². The summed E-state index contributed by atoms with van der Waals surface area (Å²) in [4.78, 5) is 0. The first-order valence-corrected chi connectivity index (χ1v) is 5.83. The molecule has 3 heteroatoms. The SMILES string of the molecule is NNC(c1ccccc1Br)C1CCC1. The first-order chi connectivity index (χ1) is 6.83. The highest BCUT2D eigenvalue weighted by molar-refractivity contribution is 9.10. The Morgan fingerprint density at radius 1 is 1.36 bits per heavy atom. The fraction of sp³-hybridized carbons (Fsp3) is 0.455. The zero-order chi connectivity index (χ0) is 9.97. The maximum absolute atomic E-state index is 5.61. The molecule has 0 bridgehead atoms. The van der Waals surface area contributed by atoms with Gasteiger partial charge in [-0.3, -0.25) is 11.3 Å². The van der Waals surface area contributed by atoms with Gasteiger partial charge in [0.2, 0.25) is 0 Å². The predicted octanol–water partition coefficient (Wildman–Crippen LogP) is 2.75. The quantitative estimate of drug-likeness (QED) is 0.643. The normalized spacial score (nSPS) is 19.0. The Balaban J connectivity index is 2.22. The summed E-state index contributed by atoms with van der Waals surface area (Å²) in [5.41, 5.74) is 4.21. The molecule has 1 aromatic rings. The van der Waals surface area contributed by atoms with Gasteiger partial charge in [0.05, 0.1) is 0 Å². The summed E-state index contributed by atoms with van der Waals surface area (Å²) < 4.78 is 1.15. The molecular formula is C11H15BrN2. The van der Waals surface area contributed by atoms with Crippen molar-refractivity contribution in [2.75, 3.05) is 0 Å². The van der Waals surface area contributed by atoms with Crippen LogP contribution >= 0.6 is 15.9 Å². The minimum atomic E-state index is 0.305. The second kappa shape index (κ2) is 4.43. The van der Waals surface area contributed by atoms with Gasteiger partial charge in [-0.15, -0.1) is 0 Å². The molecule has 2 rings (SSSR count). The first-order valence-electron chi connectivity index (χ1n) is 5.03. The molecule has 2 nitrogen and oxygen atoms in total. The van der Waals surface area contributed by atoms with Gasteiger partial charge in [0.1, 0.15) is 0 Å². The number of benzene rings is 1. The Morgan fingerprint density at radius 3 is 2.57 bits per heavy atom. The molecule has 14 heavy (non-hydrogen) atoms. The smallest absolute Gasteiger partial charge is 0.0499 e. The molecule has 76 valence electrons. The van der Waals surface area contributed by atoms with E-state index in [0.717, 1.165) is 4.47 Å². The summed E-state index contributed by atoms with van der Waals surface area (Å²) in [7, 11) is 0. The van der Waals surface area contributed by atoms with Crippen molar-refractivity contribution in [2.45, 2.75) is 25.3 Å². The van der Waals surface area contributed by atoms with Crippen molar-refractivity contribution in [3.63, 3.8) is 0 Å². The lowest BCUT2D eigenvalue weighted by molar-refractivity contribution is 0.231. The van der Waals surface area contributed by atoms with Crippen LogP contribution in [0.25, 0.3) is 0 Å². The van der Waals surface area contributed by atoms with Gasteiger partial charge in [0.25, 0.3) is 0 Å². The molecule has 3 N–H and O–H groups in total. The van der Waals surface area contributed by atoms with Gasteiger partial charge in [0, 0.05) is 10.5 Å². The molecule has 1 aliphatic rings. The molecule has 0 saturated heterocycles. The molecule has 1 aliphatic carbocycles. The fourth-order valence-electron chi connectivity index (χ4n) is 1.98. The number of hydrogen-bond acceptors (Lipinski definition) is 2. The van der Waals surface area contributed by atoms with Crippen LogP contribution in [0.1, 0.15) is 30.9 Å². The summed E-state index contributed by atoms with van der Waals surface area (Å²) in [6.07, 6.45) is 3.92. The summed E-state index contributed by atoms with van der Waals surface area (Å²) in [5, 5.41) is 0. The zero-order valence-electron chi connectivity index (χ0n) is 8.04. The van der Waals surface area contributed by atoms with Crippen molar-refractivity contribution in [2.24, 2.45) is 11.8 Å². The van der Waals surface area contributed by atoms with Crippen molar-refractivity contribution >= 4 is 15.9 Å². The summed E-state index contributed by atoms with van der Waals surface area (Å²) >= 11 is 3.56. The highest BCUT2D eigenvalue weighted by Crippen LogP contribution is 2.39. The van der Waals surface area contributed by atoms with Crippen LogP contribution in [-0.4, -0.2) is 0 Å². The number of hydrazine groups is 1. The summed E-state index contributed by atoms with van der Waals surface area (Å²) in [6.45, 7) is 0. The number of halogens is 1. The molecule has 0 amide bonds. The molecule has 1 fully saturated rings. The van der Waals surface area contributed by atoms with E-state index in [9.17, 15) is 0 Å². The molecule has 0 aromatic heterocycles. The lowest BCUT2D eigenvalue weighted by Crippen LogP contribution is -2.36. The average Bonchev–Trinajstić information content (AvgIpc) is 2.12. The van der Waals surface area contributed by atoms with Crippen molar-refractivity contribution in [1.29, 1.82) is 0 Å². The second-order valence-corrected chi connectivity index (χ2v) is 4.71. The Bertz CT molecular complexity index is 310. The molecule has 0 heterocycles. The van der Waals surface area contributed by atoms with Gasteiger partial charge in [-0.2, -0.15) is 0 Å². The van der Waals surface area contributed by atoms with Crippen LogP contribution in [0.2, 0.25) is 0 Å². The van der Waals surface area contributed by atoms with Crippen LogP contribution in [0, 0.1) is 5.92 Å². The fourth-order valence-corrected chi connectivity index (χ4v) is 2.51. The van der Waals surface area contributed by atoms with Crippen LogP contribution in [-0.2, 0) is 0 Å². The topological polar surface area (TPSA) is 38.0 Å². The Kier molecular flexibility index (Phi) is 3.21. The van der Waals surface area contributed by atoms with Gasteiger partial charge < -0.3 is 0 Å². The average molecular weight is 255 g/mol. The van der Waals surface area contributed by atoms with Crippen molar-refractivity contribution in [3.05, 3.63) is 34.3 Å². The molecular weight excluding hydrogens is 240 g/mol. The maximum atomic E-state index is 5.61. The van der Waals surface area contributed by atoms with Crippen LogP contribution in [0.4, 0.5) is 0 Å². The highest BCUT2D eigenvalue weighted by Gasteiger charge is 2.28. The van der Waals surface area contributed by atoms with E-state index in [-0.39, 0.29) is 0 Å². The van der Waals surface area contributed by atoms with E-state index in [4.69, 9.17) is 5.84 Å². The maximum Gasteiger partial charge on any atom is 0.0499 e. The lowest BCUT2D eigenvalue weighted by Gasteiger charge is -2.34. The van der Waals surface area contributed by atoms with Crippen LogP contribution < -0.4 is 11.3 Å². The van der Waals surface area contributed by atoms with E-state index in [0.29, 0.717) is 12.0 Å². The molecule has 1 unspecified atom stereocenters. The van der Waals surface area contributed by atoms with E-state index in [2.05, 4.69) is 39.6 Å². The highest BCUT2D eigenvalue weighted by atomic mass is 79.9. The van der Waals surface area contributed by atoms with E-state index < -0.39 is 0 Å². The summed E-state index contributed by atoms with van der Waals surface area (Å²) in [6, 6.07) is 8.59. The third-order valence-electron chi connectivity index (χ3n) is 3.04.